The van der Waals surface area contributed by atoms with Gasteiger partial charge >= 0.3 is 0 Å². The summed E-state index contributed by atoms with van der Waals surface area (Å²) < 4.78 is 12.7. The second-order valence-electron chi connectivity index (χ2n) is 4.37. The van der Waals surface area contributed by atoms with E-state index in [9.17, 15) is 4.39 Å². The van der Waals surface area contributed by atoms with Crippen LogP contribution < -0.4 is 11.1 Å². The van der Waals surface area contributed by atoms with E-state index in [1.165, 1.54) is 13.0 Å². The van der Waals surface area contributed by atoms with Crippen molar-refractivity contribution in [3.05, 3.63) is 53.5 Å². The van der Waals surface area contributed by atoms with E-state index < -0.39 is 0 Å². The van der Waals surface area contributed by atoms with Gasteiger partial charge in [0.2, 0.25) is 0 Å². The van der Waals surface area contributed by atoms with E-state index in [1.807, 2.05) is 25.1 Å². The van der Waals surface area contributed by atoms with Gasteiger partial charge in [-0.2, -0.15) is 0 Å². The first-order valence-electron chi connectivity index (χ1n) is 5.98. The highest BCUT2D eigenvalue weighted by Gasteiger charge is 2.03. The van der Waals surface area contributed by atoms with Gasteiger partial charge in [-0.1, -0.05) is 12.1 Å². The first-order chi connectivity index (χ1) is 9.06. The predicted octanol–water partition coefficient (Wildman–Crippen LogP) is 4.05. The van der Waals surface area contributed by atoms with Crippen molar-refractivity contribution >= 4 is 23.3 Å². The van der Waals surface area contributed by atoms with Crippen molar-refractivity contribution in [3.8, 4) is 0 Å². The Morgan fingerprint density at radius 1 is 1.32 bits per heavy atom. The molecular formula is C15H16FN3. The highest BCUT2D eigenvalue weighted by atomic mass is 19.1. The van der Waals surface area contributed by atoms with Crippen LogP contribution in [0.5, 0.6) is 0 Å². The van der Waals surface area contributed by atoms with Crippen molar-refractivity contribution in [2.24, 2.45) is 0 Å². The van der Waals surface area contributed by atoms with E-state index in [0.717, 1.165) is 16.8 Å². The number of rotatable bonds is 3. The molecule has 0 aliphatic heterocycles. The highest BCUT2D eigenvalue weighted by Crippen LogP contribution is 2.25. The number of nitrogens with one attached hydrogen (secondary N) is 1. The number of anilines is 3. The number of benzene rings is 1. The molecule has 0 spiro atoms. The Morgan fingerprint density at radius 3 is 2.68 bits per heavy atom. The van der Waals surface area contributed by atoms with E-state index in [1.54, 1.807) is 18.3 Å². The van der Waals surface area contributed by atoms with Crippen LogP contribution >= 0.6 is 0 Å². The number of aromatic nitrogens is 1. The van der Waals surface area contributed by atoms with Gasteiger partial charge in [-0.05, 0) is 49.2 Å². The quantitative estimate of drug-likeness (QED) is 0.816. The normalized spacial score (nSPS) is 11.4. The van der Waals surface area contributed by atoms with Crippen LogP contribution in [0.4, 0.5) is 21.6 Å². The fourth-order valence-electron chi connectivity index (χ4n) is 1.78. The summed E-state index contributed by atoms with van der Waals surface area (Å²) in [6.07, 6.45) is 3.04. The molecule has 0 aliphatic rings. The first kappa shape index (κ1) is 13.1. The maximum Gasteiger partial charge on any atom is 0.130 e. The van der Waals surface area contributed by atoms with E-state index in [4.69, 9.17) is 5.73 Å². The predicted molar refractivity (Wildman–Crippen MR) is 77.9 cm³/mol. The van der Waals surface area contributed by atoms with Crippen molar-refractivity contribution < 1.29 is 4.39 Å². The Labute approximate surface area is 112 Å². The number of allylic oxidation sites excluding steroid dienone is 1. The van der Waals surface area contributed by atoms with Crippen molar-refractivity contribution in [1.82, 2.24) is 4.98 Å². The summed E-state index contributed by atoms with van der Waals surface area (Å²) in [5, 5.41) is 3.17. The van der Waals surface area contributed by atoms with Gasteiger partial charge in [0.15, 0.2) is 0 Å². The number of nitrogen functional groups attached to an aromatic ring is 1. The van der Waals surface area contributed by atoms with Crippen LogP contribution in [0.25, 0.3) is 6.08 Å². The lowest BCUT2D eigenvalue weighted by Gasteiger charge is -2.11. The Balaban J connectivity index is 2.22. The molecule has 1 aromatic carbocycles. The summed E-state index contributed by atoms with van der Waals surface area (Å²) in [7, 11) is 0. The van der Waals surface area contributed by atoms with Crippen molar-refractivity contribution in [3.63, 3.8) is 0 Å². The molecule has 0 radical (unpaired) electrons. The van der Waals surface area contributed by atoms with Gasteiger partial charge in [0, 0.05) is 6.20 Å². The van der Waals surface area contributed by atoms with E-state index in [0.29, 0.717) is 11.5 Å². The lowest BCUT2D eigenvalue weighted by atomic mass is 10.1. The number of halogens is 1. The number of pyridine rings is 1. The topological polar surface area (TPSA) is 50.9 Å². The van der Waals surface area contributed by atoms with E-state index in [-0.39, 0.29) is 5.83 Å². The molecule has 4 heteroatoms. The second kappa shape index (κ2) is 5.52. The molecule has 0 atom stereocenters. The van der Waals surface area contributed by atoms with Crippen LogP contribution in [0.3, 0.4) is 0 Å². The fraction of sp³-hybridized carbons (Fsp3) is 0.133. The van der Waals surface area contributed by atoms with Crippen molar-refractivity contribution in [2.45, 2.75) is 13.8 Å². The molecule has 0 amide bonds. The minimum Gasteiger partial charge on any atom is -0.397 e. The number of nitrogens with two attached hydrogens (primary N) is 1. The first-order valence-corrected chi connectivity index (χ1v) is 5.98. The zero-order valence-corrected chi connectivity index (χ0v) is 10.9. The smallest absolute Gasteiger partial charge is 0.130 e. The maximum atomic E-state index is 12.7. The zero-order chi connectivity index (χ0) is 13.8. The van der Waals surface area contributed by atoms with Crippen LogP contribution in [0.1, 0.15) is 18.1 Å². The van der Waals surface area contributed by atoms with Crippen LogP contribution in [0.15, 0.2) is 42.4 Å². The number of nitrogens with zero attached hydrogens (tertiary/aromatic N) is 1. The molecule has 19 heavy (non-hydrogen) atoms. The molecule has 0 saturated heterocycles. The lowest BCUT2D eigenvalue weighted by Crippen LogP contribution is -2.00. The third-order valence-electron chi connectivity index (χ3n) is 2.71. The molecule has 1 aromatic heterocycles. The Kier molecular flexibility index (Phi) is 3.80. The average molecular weight is 257 g/mol. The van der Waals surface area contributed by atoms with Gasteiger partial charge in [-0.3, -0.25) is 0 Å². The minimum atomic E-state index is -0.245. The Hall–Kier alpha value is -2.36. The monoisotopic (exact) mass is 257 g/mol. The summed E-state index contributed by atoms with van der Waals surface area (Å²) in [6, 6.07) is 9.30. The third-order valence-corrected chi connectivity index (χ3v) is 2.71. The molecule has 2 aromatic rings. The van der Waals surface area contributed by atoms with Crippen LogP contribution in [-0.4, -0.2) is 4.98 Å². The van der Waals surface area contributed by atoms with Gasteiger partial charge in [0.05, 0.1) is 17.2 Å². The molecule has 3 N–H and O–H groups in total. The lowest BCUT2D eigenvalue weighted by molar-refractivity contribution is 0.648. The molecule has 0 aliphatic carbocycles. The van der Waals surface area contributed by atoms with Gasteiger partial charge in [-0.15, -0.1) is 0 Å². The summed E-state index contributed by atoms with van der Waals surface area (Å²) in [5.74, 6) is 0.431. The number of aryl methyl sites for hydroxylation is 1. The Morgan fingerprint density at radius 2 is 2.11 bits per heavy atom. The zero-order valence-electron chi connectivity index (χ0n) is 10.9. The van der Waals surface area contributed by atoms with Crippen LogP contribution in [0.2, 0.25) is 0 Å². The molecule has 0 fully saturated rings. The van der Waals surface area contributed by atoms with E-state index >= 15 is 0 Å². The molecule has 3 nitrogen and oxygen atoms in total. The second-order valence-corrected chi connectivity index (χ2v) is 4.37. The van der Waals surface area contributed by atoms with Gasteiger partial charge in [0.1, 0.15) is 5.82 Å². The molecule has 1 heterocycles. The molecule has 0 saturated carbocycles. The van der Waals surface area contributed by atoms with E-state index in [2.05, 4.69) is 10.3 Å². The van der Waals surface area contributed by atoms with Crippen LogP contribution in [0, 0.1) is 6.92 Å². The van der Waals surface area contributed by atoms with Crippen molar-refractivity contribution in [1.29, 1.82) is 0 Å². The largest absolute Gasteiger partial charge is 0.397 e. The molecule has 0 bridgehead atoms. The molecule has 2 rings (SSSR count). The average Bonchev–Trinajstić information content (AvgIpc) is 2.35. The maximum absolute atomic E-state index is 12.7. The fourth-order valence-corrected chi connectivity index (χ4v) is 1.78. The standard InChI is InChI=1S/C15H16FN3/c1-10-4-3-5-13(17)15(10)19-14-7-6-12(9-18-14)8-11(2)16/h3-9H,17H2,1-2H3,(H,18,19)/b11-8-. The SMILES string of the molecule is C/C(F)=C/c1ccc(Nc2c(C)cccc2N)nc1. The number of hydrogen-bond acceptors (Lipinski definition) is 3. The third kappa shape index (κ3) is 3.31. The summed E-state index contributed by atoms with van der Waals surface area (Å²) in [6.45, 7) is 3.38. The summed E-state index contributed by atoms with van der Waals surface area (Å²) in [5.41, 5.74) is 9.21. The Bertz CT molecular complexity index is 579. The highest BCUT2D eigenvalue weighted by molar-refractivity contribution is 5.74. The molecule has 98 valence electrons. The number of para-hydroxylation sites is 1. The van der Waals surface area contributed by atoms with Crippen LogP contribution in [-0.2, 0) is 0 Å². The van der Waals surface area contributed by atoms with Crippen molar-refractivity contribution in [2.75, 3.05) is 11.1 Å². The minimum absolute atomic E-state index is 0.245. The number of hydrogen-bond donors (Lipinski definition) is 2. The summed E-state index contributed by atoms with van der Waals surface area (Å²) >= 11 is 0. The van der Waals surface area contributed by atoms with Gasteiger partial charge in [0.25, 0.3) is 0 Å². The van der Waals surface area contributed by atoms with Gasteiger partial charge in [-0.25, -0.2) is 9.37 Å². The molecule has 0 unspecified atom stereocenters. The summed E-state index contributed by atoms with van der Waals surface area (Å²) in [4.78, 5) is 4.23. The van der Waals surface area contributed by atoms with Gasteiger partial charge < -0.3 is 11.1 Å². The molecular weight excluding hydrogens is 241 g/mol.